The van der Waals surface area contributed by atoms with Crippen LogP contribution in [0.4, 0.5) is 0 Å². The minimum atomic E-state index is -0.171. The first-order valence-corrected chi connectivity index (χ1v) is 7.48. The Morgan fingerprint density at radius 3 is 2.79 bits per heavy atom. The maximum atomic E-state index is 11.9. The fourth-order valence-electron chi connectivity index (χ4n) is 1.77. The van der Waals surface area contributed by atoms with E-state index in [4.69, 9.17) is 0 Å². The Morgan fingerprint density at radius 2 is 2.11 bits per heavy atom. The van der Waals surface area contributed by atoms with Crippen molar-refractivity contribution >= 4 is 23.2 Å². The van der Waals surface area contributed by atoms with Gasteiger partial charge in [-0.15, -0.1) is 11.3 Å². The zero-order valence-electron chi connectivity index (χ0n) is 11.5. The van der Waals surface area contributed by atoms with E-state index in [0.29, 0.717) is 13.0 Å². The molecule has 0 saturated heterocycles. The summed E-state index contributed by atoms with van der Waals surface area (Å²) >= 11 is 1.48. The molecule has 19 heavy (non-hydrogen) atoms. The summed E-state index contributed by atoms with van der Waals surface area (Å²) in [7, 11) is 1.40. The second-order valence-electron chi connectivity index (χ2n) is 4.27. The van der Waals surface area contributed by atoms with Crippen molar-refractivity contribution in [2.24, 2.45) is 0 Å². The third kappa shape index (κ3) is 5.42. The SMILES string of the molecule is CCc1ccsc1C(=O)NCCCCCC(=O)OC. The minimum absolute atomic E-state index is 0.0137. The highest BCUT2D eigenvalue weighted by Crippen LogP contribution is 2.17. The van der Waals surface area contributed by atoms with E-state index < -0.39 is 0 Å². The predicted molar refractivity (Wildman–Crippen MR) is 76.5 cm³/mol. The van der Waals surface area contributed by atoms with Crippen LogP contribution in [-0.2, 0) is 16.0 Å². The standard InChI is InChI=1S/C14H21NO3S/c1-3-11-8-10-19-13(11)14(17)15-9-6-4-5-7-12(16)18-2/h8,10H,3-7,9H2,1-2H3,(H,15,17). The van der Waals surface area contributed by atoms with Gasteiger partial charge in [0, 0.05) is 13.0 Å². The molecular formula is C14H21NO3S. The van der Waals surface area contributed by atoms with E-state index >= 15 is 0 Å². The van der Waals surface area contributed by atoms with Crippen LogP contribution in [0.5, 0.6) is 0 Å². The quantitative estimate of drug-likeness (QED) is 0.589. The van der Waals surface area contributed by atoms with E-state index in [0.717, 1.165) is 36.1 Å². The lowest BCUT2D eigenvalue weighted by molar-refractivity contribution is -0.140. The topological polar surface area (TPSA) is 55.4 Å². The second kappa shape index (κ2) is 8.69. The Bertz CT molecular complexity index is 415. The largest absolute Gasteiger partial charge is 0.469 e. The van der Waals surface area contributed by atoms with Crippen molar-refractivity contribution in [3.05, 3.63) is 21.9 Å². The monoisotopic (exact) mass is 283 g/mol. The van der Waals surface area contributed by atoms with Crippen molar-refractivity contribution in [3.63, 3.8) is 0 Å². The molecule has 0 unspecified atom stereocenters. The summed E-state index contributed by atoms with van der Waals surface area (Å²) in [5, 5.41) is 4.87. The molecule has 1 N–H and O–H groups in total. The Balaban J connectivity index is 2.16. The van der Waals surface area contributed by atoms with Gasteiger partial charge in [-0.2, -0.15) is 0 Å². The normalized spacial score (nSPS) is 10.2. The maximum Gasteiger partial charge on any atom is 0.305 e. The molecule has 1 aromatic rings. The lowest BCUT2D eigenvalue weighted by Gasteiger charge is -2.05. The van der Waals surface area contributed by atoms with Gasteiger partial charge >= 0.3 is 5.97 Å². The number of esters is 1. The van der Waals surface area contributed by atoms with Crippen molar-refractivity contribution in [1.29, 1.82) is 0 Å². The van der Waals surface area contributed by atoms with Crippen molar-refractivity contribution in [1.82, 2.24) is 5.32 Å². The van der Waals surface area contributed by atoms with Gasteiger partial charge in [0.2, 0.25) is 0 Å². The predicted octanol–water partition coefficient (Wildman–Crippen LogP) is 2.77. The number of rotatable bonds is 8. The smallest absolute Gasteiger partial charge is 0.305 e. The number of carbonyl (C=O) groups excluding carboxylic acids is 2. The summed E-state index contributed by atoms with van der Waals surface area (Å²) in [5.41, 5.74) is 1.10. The average Bonchev–Trinajstić information content (AvgIpc) is 2.90. The van der Waals surface area contributed by atoms with Gasteiger partial charge < -0.3 is 10.1 Å². The molecule has 0 spiro atoms. The Labute approximate surface area is 118 Å². The van der Waals surface area contributed by atoms with Gasteiger partial charge in [0.05, 0.1) is 12.0 Å². The zero-order chi connectivity index (χ0) is 14.1. The molecule has 0 radical (unpaired) electrons. The van der Waals surface area contributed by atoms with Crippen molar-refractivity contribution in [2.75, 3.05) is 13.7 Å². The van der Waals surface area contributed by atoms with Crippen LogP contribution in [0.2, 0.25) is 0 Å². The van der Waals surface area contributed by atoms with E-state index in [1.165, 1.54) is 18.4 Å². The number of thiophene rings is 1. The number of hydrogen-bond acceptors (Lipinski definition) is 4. The van der Waals surface area contributed by atoms with Crippen LogP contribution in [0, 0.1) is 0 Å². The molecule has 0 bridgehead atoms. The number of nitrogens with one attached hydrogen (secondary N) is 1. The lowest BCUT2D eigenvalue weighted by atomic mass is 10.2. The van der Waals surface area contributed by atoms with Gasteiger partial charge in [0.1, 0.15) is 0 Å². The number of methoxy groups -OCH3 is 1. The molecule has 1 rings (SSSR count). The molecule has 0 aliphatic carbocycles. The van der Waals surface area contributed by atoms with Crippen molar-refractivity contribution < 1.29 is 14.3 Å². The number of amides is 1. The first-order valence-electron chi connectivity index (χ1n) is 6.60. The Hall–Kier alpha value is -1.36. The van der Waals surface area contributed by atoms with Gasteiger partial charge in [0.25, 0.3) is 5.91 Å². The molecule has 1 heterocycles. The van der Waals surface area contributed by atoms with Crippen LogP contribution in [0.25, 0.3) is 0 Å². The van der Waals surface area contributed by atoms with Crippen molar-refractivity contribution in [2.45, 2.75) is 39.0 Å². The third-order valence-corrected chi connectivity index (χ3v) is 3.86. The highest BCUT2D eigenvalue weighted by Gasteiger charge is 2.10. The lowest BCUT2D eigenvalue weighted by Crippen LogP contribution is -2.24. The number of ether oxygens (including phenoxy) is 1. The van der Waals surface area contributed by atoms with E-state index in [1.807, 2.05) is 18.4 Å². The zero-order valence-corrected chi connectivity index (χ0v) is 12.3. The number of unbranched alkanes of at least 4 members (excludes halogenated alkanes) is 2. The van der Waals surface area contributed by atoms with Gasteiger partial charge in [0.15, 0.2) is 0 Å². The molecule has 106 valence electrons. The van der Waals surface area contributed by atoms with Gasteiger partial charge in [-0.05, 0) is 36.3 Å². The minimum Gasteiger partial charge on any atom is -0.469 e. The number of carbonyl (C=O) groups is 2. The molecule has 4 nitrogen and oxygen atoms in total. The fraction of sp³-hybridized carbons (Fsp3) is 0.571. The number of aryl methyl sites for hydroxylation is 1. The fourth-order valence-corrected chi connectivity index (χ4v) is 2.68. The van der Waals surface area contributed by atoms with Crippen LogP contribution in [0.15, 0.2) is 11.4 Å². The molecule has 0 aliphatic heterocycles. The van der Waals surface area contributed by atoms with Gasteiger partial charge in [-0.3, -0.25) is 9.59 Å². The van der Waals surface area contributed by atoms with E-state index in [2.05, 4.69) is 10.1 Å². The molecule has 0 fully saturated rings. The molecular weight excluding hydrogens is 262 g/mol. The average molecular weight is 283 g/mol. The summed E-state index contributed by atoms with van der Waals surface area (Å²) < 4.78 is 4.56. The summed E-state index contributed by atoms with van der Waals surface area (Å²) in [6.07, 6.45) is 3.94. The van der Waals surface area contributed by atoms with Crippen LogP contribution >= 0.6 is 11.3 Å². The second-order valence-corrected chi connectivity index (χ2v) is 5.19. The summed E-state index contributed by atoms with van der Waals surface area (Å²) in [6.45, 7) is 2.70. The van der Waals surface area contributed by atoms with E-state index in [1.54, 1.807) is 0 Å². The van der Waals surface area contributed by atoms with Crippen LogP contribution in [-0.4, -0.2) is 25.5 Å². The summed E-state index contributed by atoms with van der Waals surface area (Å²) in [5.74, 6) is -0.157. The van der Waals surface area contributed by atoms with Crippen LogP contribution < -0.4 is 5.32 Å². The van der Waals surface area contributed by atoms with E-state index in [-0.39, 0.29) is 11.9 Å². The molecule has 0 saturated carbocycles. The first-order chi connectivity index (χ1) is 9.19. The third-order valence-electron chi connectivity index (χ3n) is 2.90. The first kappa shape index (κ1) is 15.7. The highest BCUT2D eigenvalue weighted by atomic mass is 32.1. The Morgan fingerprint density at radius 1 is 1.32 bits per heavy atom. The number of hydrogen-bond donors (Lipinski definition) is 1. The van der Waals surface area contributed by atoms with Gasteiger partial charge in [-0.1, -0.05) is 13.3 Å². The summed E-state index contributed by atoms with van der Waals surface area (Å²) in [6, 6.07) is 2.00. The summed E-state index contributed by atoms with van der Waals surface area (Å²) in [4.78, 5) is 23.6. The molecule has 1 aromatic heterocycles. The molecule has 5 heteroatoms. The molecule has 0 aliphatic rings. The Kier molecular flexibility index (Phi) is 7.18. The maximum absolute atomic E-state index is 11.9. The highest BCUT2D eigenvalue weighted by molar-refractivity contribution is 7.12. The van der Waals surface area contributed by atoms with E-state index in [9.17, 15) is 9.59 Å². The molecule has 1 amide bonds. The van der Waals surface area contributed by atoms with Crippen LogP contribution in [0.1, 0.15) is 47.8 Å². The molecule has 0 aromatic carbocycles. The van der Waals surface area contributed by atoms with Crippen molar-refractivity contribution in [3.8, 4) is 0 Å². The van der Waals surface area contributed by atoms with Gasteiger partial charge in [-0.25, -0.2) is 0 Å². The molecule has 0 atom stereocenters. The van der Waals surface area contributed by atoms with Crippen LogP contribution in [0.3, 0.4) is 0 Å².